The van der Waals surface area contributed by atoms with E-state index in [1.807, 2.05) is 51.1 Å². The summed E-state index contributed by atoms with van der Waals surface area (Å²) in [5, 5.41) is 3.93. The number of Topliss-reactive ketones (excluding diaryl/α,β-unsaturated/α-hetero) is 1. The summed E-state index contributed by atoms with van der Waals surface area (Å²) in [6.45, 7) is 5.63. The van der Waals surface area contributed by atoms with Crippen LogP contribution in [-0.4, -0.2) is 33.0 Å². The van der Waals surface area contributed by atoms with E-state index in [1.165, 1.54) is 22.2 Å². The number of carbonyl (C=O) groups is 2. The minimum absolute atomic E-state index is 0.00305. The molecule has 0 aliphatic carbocycles. The number of amides is 1. The molecule has 116 valence electrons. The van der Waals surface area contributed by atoms with E-state index in [-0.39, 0.29) is 24.8 Å². The molecule has 0 bridgehead atoms. The van der Waals surface area contributed by atoms with Crippen molar-refractivity contribution in [2.75, 3.05) is 11.4 Å². The van der Waals surface area contributed by atoms with Crippen molar-refractivity contribution in [3.8, 4) is 0 Å². The van der Waals surface area contributed by atoms with Crippen LogP contribution < -0.4 is 4.90 Å². The predicted molar refractivity (Wildman–Crippen MR) is 83.3 cm³/mol. The largest absolute Gasteiger partial charge is 0.303 e. The highest BCUT2D eigenvalue weighted by Crippen LogP contribution is 2.19. The van der Waals surface area contributed by atoms with Gasteiger partial charge in [-0.15, -0.1) is 0 Å². The molecule has 0 atom stereocenters. The van der Waals surface area contributed by atoms with Crippen molar-refractivity contribution in [2.45, 2.75) is 27.3 Å². The summed E-state index contributed by atoms with van der Waals surface area (Å²) in [6.07, 6.45) is 2.85. The van der Waals surface area contributed by atoms with Gasteiger partial charge >= 0.3 is 0 Å². The van der Waals surface area contributed by atoms with E-state index in [1.54, 1.807) is 0 Å². The lowest BCUT2D eigenvalue weighted by Gasteiger charge is -2.26. The molecule has 0 radical (unpaired) electrons. The van der Waals surface area contributed by atoms with E-state index in [0.717, 1.165) is 0 Å². The van der Waals surface area contributed by atoms with E-state index in [2.05, 4.69) is 10.1 Å². The van der Waals surface area contributed by atoms with E-state index >= 15 is 0 Å². The van der Waals surface area contributed by atoms with Crippen molar-refractivity contribution in [1.29, 1.82) is 0 Å². The number of ketones is 1. The number of anilines is 1. The fraction of sp³-hybridized carbons (Fsp3) is 0.375. The van der Waals surface area contributed by atoms with Crippen molar-refractivity contribution < 1.29 is 9.59 Å². The smallest absolute Gasteiger partial charge is 0.249 e. The highest BCUT2D eigenvalue weighted by Gasteiger charge is 2.26. The van der Waals surface area contributed by atoms with Gasteiger partial charge in [0.15, 0.2) is 5.78 Å². The van der Waals surface area contributed by atoms with Gasteiger partial charge in [-0.05, 0) is 12.1 Å². The summed E-state index contributed by atoms with van der Waals surface area (Å²) in [5.74, 6) is -0.197. The lowest BCUT2D eigenvalue weighted by atomic mass is 9.90. The summed E-state index contributed by atoms with van der Waals surface area (Å²) < 4.78 is 1.44. The van der Waals surface area contributed by atoms with Crippen LogP contribution in [0.5, 0.6) is 0 Å². The summed E-state index contributed by atoms with van der Waals surface area (Å²) in [4.78, 5) is 30.2. The summed E-state index contributed by atoms with van der Waals surface area (Å²) in [6, 6.07) is 9.18. The zero-order valence-electron chi connectivity index (χ0n) is 13.1. The molecular weight excluding hydrogens is 280 g/mol. The Balaban J connectivity index is 2.22. The number of para-hydroxylation sites is 1. The van der Waals surface area contributed by atoms with Crippen LogP contribution >= 0.6 is 0 Å². The Morgan fingerprint density at radius 1 is 1.18 bits per heavy atom. The minimum atomic E-state index is -0.499. The lowest BCUT2D eigenvalue weighted by Crippen LogP contribution is -2.41. The second-order valence-electron chi connectivity index (χ2n) is 6.08. The molecular formula is C16H20N4O2. The van der Waals surface area contributed by atoms with Gasteiger partial charge in [-0.25, -0.2) is 9.67 Å². The molecule has 0 aliphatic heterocycles. The molecule has 1 aromatic heterocycles. The van der Waals surface area contributed by atoms with Gasteiger partial charge in [0.25, 0.3) is 0 Å². The second-order valence-corrected chi connectivity index (χ2v) is 6.08. The van der Waals surface area contributed by atoms with Crippen LogP contribution in [0.4, 0.5) is 5.69 Å². The number of nitrogens with zero attached hydrogens (tertiary/aromatic N) is 4. The normalized spacial score (nSPS) is 11.2. The van der Waals surface area contributed by atoms with Crippen molar-refractivity contribution in [3.63, 3.8) is 0 Å². The van der Waals surface area contributed by atoms with Crippen LogP contribution in [0, 0.1) is 5.41 Å². The minimum Gasteiger partial charge on any atom is -0.303 e. The predicted octanol–water partition coefficient (Wildman–Crippen LogP) is 1.93. The Bertz CT molecular complexity index is 630. The average Bonchev–Trinajstić information content (AvgIpc) is 2.97. The van der Waals surface area contributed by atoms with E-state index in [0.29, 0.717) is 5.69 Å². The maximum absolute atomic E-state index is 12.6. The number of rotatable bonds is 5. The average molecular weight is 300 g/mol. The molecule has 2 rings (SSSR count). The first-order valence-corrected chi connectivity index (χ1v) is 7.09. The molecule has 1 amide bonds. The highest BCUT2D eigenvalue weighted by atomic mass is 16.2. The molecule has 22 heavy (non-hydrogen) atoms. The lowest BCUT2D eigenvalue weighted by molar-refractivity contribution is -0.127. The topological polar surface area (TPSA) is 68.1 Å². The van der Waals surface area contributed by atoms with E-state index < -0.39 is 5.41 Å². The first-order valence-electron chi connectivity index (χ1n) is 7.09. The molecule has 1 aromatic carbocycles. The van der Waals surface area contributed by atoms with Gasteiger partial charge in [0, 0.05) is 11.1 Å². The molecule has 0 spiro atoms. The number of benzene rings is 1. The molecule has 0 unspecified atom stereocenters. The fourth-order valence-corrected chi connectivity index (χ4v) is 1.85. The van der Waals surface area contributed by atoms with Gasteiger partial charge in [0.1, 0.15) is 19.2 Å². The Labute approximate surface area is 129 Å². The molecule has 6 nitrogen and oxygen atoms in total. The van der Waals surface area contributed by atoms with Gasteiger partial charge in [-0.3, -0.25) is 9.59 Å². The number of carbonyl (C=O) groups excluding carboxylic acids is 2. The monoisotopic (exact) mass is 300 g/mol. The number of aromatic nitrogens is 3. The molecule has 0 N–H and O–H groups in total. The first kappa shape index (κ1) is 15.9. The summed E-state index contributed by atoms with van der Waals surface area (Å²) in [5.41, 5.74) is 0.200. The van der Waals surface area contributed by atoms with Crippen LogP contribution in [0.15, 0.2) is 43.0 Å². The maximum atomic E-state index is 12.6. The van der Waals surface area contributed by atoms with Crippen LogP contribution in [0.1, 0.15) is 20.8 Å². The van der Waals surface area contributed by atoms with Gasteiger partial charge in [-0.1, -0.05) is 39.0 Å². The Morgan fingerprint density at radius 2 is 1.86 bits per heavy atom. The second kappa shape index (κ2) is 6.51. The van der Waals surface area contributed by atoms with E-state index in [4.69, 9.17) is 0 Å². The zero-order chi connectivity index (χ0) is 16.2. The molecule has 1 heterocycles. The number of hydrogen-bond acceptors (Lipinski definition) is 4. The Hall–Kier alpha value is -2.50. The van der Waals surface area contributed by atoms with Crippen molar-refractivity contribution >= 4 is 17.4 Å². The number of hydrogen-bond donors (Lipinski definition) is 0. The van der Waals surface area contributed by atoms with Crippen LogP contribution in [-0.2, 0) is 16.1 Å². The standard InChI is InChI=1S/C16H20N4O2/c1-16(2,3)14(21)9-20(13-7-5-4-6-8-13)15(22)10-19-12-17-11-18-19/h4-8,11-12H,9-10H2,1-3H3. The van der Waals surface area contributed by atoms with Crippen LogP contribution in [0.3, 0.4) is 0 Å². The molecule has 2 aromatic rings. The highest BCUT2D eigenvalue weighted by molar-refractivity contribution is 6.00. The third-order valence-electron chi connectivity index (χ3n) is 3.27. The molecule has 6 heteroatoms. The van der Waals surface area contributed by atoms with Gasteiger partial charge in [0.05, 0.1) is 6.54 Å². The summed E-state index contributed by atoms with van der Waals surface area (Å²) >= 11 is 0. The van der Waals surface area contributed by atoms with Crippen LogP contribution in [0.2, 0.25) is 0 Å². The Morgan fingerprint density at radius 3 is 2.41 bits per heavy atom. The van der Waals surface area contributed by atoms with Gasteiger partial charge in [-0.2, -0.15) is 5.10 Å². The molecule has 0 fully saturated rings. The quantitative estimate of drug-likeness (QED) is 0.846. The zero-order valence-corrected chi connectivity index (χ0v) is 13.1. The molecule has 0 saturated carbocycles. The SMILES string of the molecule is CC(C)(C)C(=O)CN(C(=O)Cn1cncn1)c1ccccc1. The third kappa shape index (κ3) is 4.00. The first-order chi connectivity index (χ1) is 10.4. The third-order valence-corrected chi connectivity index (χ3v) is 3.27. The molecule has 0 saturated heterocycles. The molecule has 0 aliphatic rings. The van der Waals surface area contributed by atoms with Crippen molar-refractivity contribution in [2.24, 2.45) is 5.41 Å². The van der Waals surface area contributed by atoms with Crippen molar-refractivity contribution in [3.05, 3.63) is 43.0 Å². The van der Waals surface area contributed by atoms with Crippen LogP contribution in [0.25, 0.3) is 0 Å². The Kier molecular flexibility index (Phi) is 4.70. The maximum Gasteiger partial charge on any atom is 0.249 e. The summed E-state index contributed by atoms with van der Waals surface area (Å²) in [7, 11) is 0. The van der Waals surface area contributed by atoms with Gasteiger partial charge < -0.3 is 4.90 Å². The van der Waals surface area contributed by atoms with Gasteiger partial charge in [0.2, 0.25) is 5.91 Å². The van der Waals surface area contributed by atoms with E-state index in [9.17, 15) is 9.59 Å². The fourth-order valence-electron chi connectivity index (χ4n) is 1.85. The van der Waals surface area contributed by atoms with Crippen molar-refractivity contribution in [1.82, 2.24) is 14.8 Å².